The van der Waals surface area contributed by atoms with Crippen molar-refractivity contribution in [1.29, 1.82) is 0 Å². The lowest BCUT2D eigenvalue weighted by molar-refractivity contribution is -0.117. The second-order valence-corrected chi connectivity index (χ2v) is 10.0. The van der Waals surface area contributed by atoms with Gasteiger partial charge in [-0.15, -0.1) is 0 Å². The summed E-state index contributed by atoms with van der Waals surface area (Å²) in [6, 6.07) is 20.5. The Balaban J connectivity index is 1.55. The maximum absolute atomic E-state index is 13.1. The predicted molar refractivity (Wildman–Crippen MR) is 132 cm³/mol. The van der Waals surface area contributed by atoms with Crippen molar-refractivity contribution in [3.8, 4) is 0 Å². The average Bonchev–Trinajstić information content (AvgIpc) is 3.25. The lowest BCUT2D eigenvalue weighted by Gasteiger charge is -2.19. The Morgan fingerprint density at radius 1 is 1.00 bits per heavy atom. The zero-order valence-corrected chi connectivity index (χ0v) is 19.9. The molecule has 34 heavy (non-hydrogen) atoms. The van der Waals surface area contributed by atoms with E-state index in [1.165, 1.54) is 6.07 Å². The van der Waals surface area contributed by atoms with Crippen LogP contribution in [0.2, 0.25) is 0 Å². The van der Waals surface area contributed by atoms with Crippen LogP contribution in [0.15, 0.2) is 77.7 Å². The number of anilines is 2. The van der Waals surface area contributed by atoms with Crippen LogP contribution in [0.5, 0.6) is 0 Å². The van der Waals surface area contributed by atoms with Gasteiger partial charge in [-0.1, -0.05) is 42.5 Å². The number of nitrogens with zero attached hydrogens (tertiary/aromatic N) is 1. The number of hydrogen-bond acceptors (Lipinski definition) is 4. The van der Waals surface area contributed by atoms with E-state index < -0.39 is 10.0 Å². The number of para-hydroxylation sites is 1. The van der Waals surface area contributed by atoms with E-state index in [1.54, 1.807) is 48.2 Å². The Labute approximate surface area is 199 Å². The Bertz CT molecular complexity index is 1320. The number of rotatable bonds is 7. The maximum atomic E-state index is 13.1. The summed E-state index contributed by atoms with van der Waals surface area (Å²) < 4.78 is 28.8. The highest BCUT2D eigenvalue weighted by molar-refractivity contribution is 7.92. The third-order valence-corrected chi connectivity index (χ3v) is 7.27. The first-order valence-electron chi connectivity index (χ1n) is 11.1. The zero-order valence-electron chi connectivity index (χ0n) is 19.1. The van der Waals surface area contributed by atoms with Gasteiger partial charge < -0.3 is 10.2 Å². The Hall–Kier alpha value is -3.65. The molecule has 1 saturated heterocycles. The fourth-order valence-electron chi connectivity index (χ4n) is 4.07. The molecule has 8 heteroatoms. The molecule has 0 radical (unpaired) electrons. The Kier molecular flexibility index (Phi) is 6.70. The SMILES string of the molecule is Cc1cc(S(=O)(=O)Nc2ccccc2C(=O)N[C@@H](C)c2ccccc2)ccc1N1CCCC1=O. The molecule has 7 nitrogen and oxygen atoms in total. The molecule has 1 aliphatic rings. The van der Waals surface area contributed by atoms with E-state index >= 15 is 0 Å². The first-order valence-corrected chi connectivity index (χ1v) is 12.6. The molecule has 3 aromatic rings. The number of amides is 2. The van der Waals surface area contributed by atoms with E-state index in [9.17, 15) is 18.0 Å². The molecule has 1 heterocycles. The predicted octanol–water partition coefficient (Wildman–Crippen LogP) is 4.41. The number of benzene rings is 3. The minimum atomic E-state index is -3.96. The van der Waals surface area contributed by atoms with Gasteiger partial charge in [-0.2, -0.15) is 0 Å². The quantitative estimate of drug-likeness (QED) is 0.527. The molecular formula is C26H27N3O4S. The molecule has 0 spiro atoms. The van der Waals surface area contributed by atoms with E-state index in [0.29, 0.717) is 18.5 Å². The number of nitrogens with one attached hydrogen (secondary N) is 2. The summed E-state index contributed by atoms with van der Waals surface area (Å²) in [6.45, 7) is 4.29. The molecule has 0 bridgehead atoms. The fraction of sp³-hybridized carbons (Fsp3) is 0.231. The number of carbonyl (C=O) groups excluding carboxylic acids is 2. The average molecular weight is 478 g/mol. The van der Waals surface area contributed by atoms with Crippen molar-refractivity contribution in [2.24, 2.45) is 0 Å². The molecule has 4 rings (SSSR count). The van der Waals surface area contributed by atoms with Gasteiger partial charge >= 0.3 is 0 Å². The van der Waals surface area contributed by atoms with Crippen LogP contribution in [-0.4, -0.2) is 26.8 Å². The highest BCUT2D eigenvalue weighted by atomic mass is 32.2. The normalized spacial score (nSPS) is 14.6. The van der Waals surface area contributed by atoms with Gasteiger partial charge in [-0.05, 0) is 61.7 Å². The summed E-state index contributed by atoms with van der Waals surface area (Å²) in [7, 11) is -3.96. The number of sulfonamides is 1. The van der Waals surface area contributed by atoms with E-state index in [4.69, 9.17) is 0 Å². The summed E-state index contributed by atoms with van der Waals surface area (Å²) in [5.41, 5.74) is 2.78. The maximum Gasteiger partial charge on any atom is 0.261 e. The smallest absolute Gasteiger partial charge is 0.261 e. The molecule has 0 unspecified atom stereocenters. The minimum Gasteiger partial charge on any atom is -0.345 e. The van der Waals surface area contributed by atoms with Crippen molar-refractivity contribution in [3.05, 3.63) is 89.5 Å². The van der Waals surface area contributed by atoms with Gasteiger partial charge in [0.2, 0.25) is 5.91 Å². The van der Waals surface area contributed by atoms with Crippen molar-refractivity contribution >= 4 is 33.2 Å². The van der Waals surface area contributed by atoms with Crippen LogP contribution in [0.3, 0.4) is 0 Å². The van der Waals surface area contributed by atoms with Crippen molar-refractivity contribution in [2.45, 2.75) is 37.6 Å². The Morgan fingerprint density at radius 2 is 1.71 bits per heavy atom. The Morgan fingerprint density at radius 3 is 2.38 bits per heavy atom. The molecule has 2 amide bonds. The number of aryl methyl sites for hydroxylation is 1. The van der Waals surface area contributed by atoms with Gasteiger partial charge in [0.25, 0.3) is 15.9 Å². The van der Waals surface area contributed by atoms with Crippen LogP contribution in [0.25, 0.3) is 0 Å². The highest BCUT2D eigenvalue weighted by Crippen LogP contribution is 2.28. The van der Waals surface area contributed by atoms with Gasteiger partial charge in [-0.3, -0.25) is 14.3 Å². The third kappa shape index (κ3) is 4.97. The van der Waals surface area contributed by atoms with Gasteiger partial charge in [0.15, 0.2) is 0 Å². The minimum absolute atomic E-state index is 0.0431. The van der Waals surface area contributed by atoms with Crippen LogP contribution >= 0.6 is 0 Å². The first kappa shape index (κ1) is 23.5. The monoisotopic (exact) mass is 477 g/mol. The largest absolute Gasteiger partial charge is 0.345 e. The summed E-state index contributed by atoms with van der Waals surface area (Å²) in [6.07, 6.45) is 1.30. The molecule has 2 N–H and O–H groups in total. The first-order chi connectivity index (χ1) is 16.3. The molecule has 0 aromatic heterocycles. The molecule has 0 aliphatic carbocycles. The van der Waals surface area contributed by atoms with Gasteiger partial charge in [0, 0.05) is 18.7 Å². The number of hydrogen-bond donors (Lipinski definition) is 2. The topological polar surface area (TPSA) is 95.6 Å². The van der Waals surface area contributed by atoms with Crippen molar-refractivity contribution in [2.75, 3.05) is 16.2 Å². The third-order valence-electron chi connectivity index (χ3n) is 5.91. The summed E-state index contributed by atoms with van der Waals surface area (Å²) in [4.78, 5) is 26.8. The highest BCUT2D eigenvalue weighted by Gasteiger charge is 2.25. The molecule has 176 valence electrons. The van der Waals surface area contributed by atoms with Gasteiger partial charge in [-0.25, -0.2) is 8.42 Å². The second-order valence-electron chi connectivity index (χ2n) is 8.35. The molecule has 0 saturated carbocycles. The van der Waals surface area contributed by atoms with E-state index in [-0.39, 0.29) is 34.0 Å². The van der Waals surface area contributed by atoms with Crippen LogP contribution in [0, 0.1) is 6.92 Å². The van der Waals surface area contributed by atoms with Crippen molar-refractivity contribution in [3.63, 3.8) is 0 Å². The van der Waals surface area contributed by atoms with Crippen molar-refractivity contribution < 1.29 is 18.0 Å². The lowest BCUT2D eigenvalue weighted by atomic mass is 10.1. The standard InChI is InChI=1S/C26H27N3O4S/c1-18-17-21(14-15-24(18)29-16-8-13-25(29)30)34(32,33)28-23-12-7-6-11-22(23)26(31)27-19(2)20-9-4-3-5-10-20/h3-7,9-12,14-15,17,19,28H,8,13,16H2,1-2H3,(H,27,31)/t19-/m0/s1. The summed E-state index contributed by atoms with van der Waals surface area (Å²) in [5.74, 6) is -0.338. The van der Waals surface area contributed by atoms with E-state index in [0.717, 1.165) is 17.7 Å². The summed E-state index contributed by atoms with van der Waals surface area (Å²) in [5, 5.41) is 2.92. The lowest BCUT2D eigenvalue weighted by Crippen LogP contribution is -2.28. The molecule has 1 fully saturated rings. The van der Waals surface area contributed by atoms with Crippen LogP contribution in [0.4, 0.5) is 11.4 Å². The molecular weight excluding hydrogens is 450 g/mol. The summed E-state index contributed by atoms with van der Waals surface area (Å²) >= 11 is 0. The zero-order chi connectivity index (χ0) is 24.3. The van der Waals surface area contributed by atoms with E-state index in [1.807, 2.05) is 37.3 Å². The van der Waals surface area contributed by atoms with Crippen LogP contribution in [0.1, 0.15) is 47.3 Å². The van der Waals surface area contributed by atoms with Crippen LogP contribution < -0.4 is 14.9 Å². The van der Waals surface area contributed by atoms with Crippen molar-refractivity contribution in [1.82, 2.24) is 5.32 Å². The van der Waals surface area contributed by atoms with E-state index in [2.05, 4.69) is 10.0 Å². The van der Waals surface area contributed by atoms with Crippen LogP contribution in [-0.2, 0) is 14.8 Å². The fourth-order valence-corrected chi connectivity index (χ4v) is 5.24. The second kappa shape index (κ2) is 9.69. The molecule has 3 aromatic carbocycles. The molecule has 1 aliphatic heterocycles. The van der Waals surface area contributed by atoms with Gasteiger partial charge in [0.1, 0.15) is 0 Å². The van der Waals surface area contributed by atoms with Gasteiger partial charge in [0.05, 0.1) is 22.2 Å². The number of carbonyl (C=O) groups is 2. The molecule has 1 atom stereocenters.